The molecule has 3 aromatic carbocycles. The molecule has 0 saturated heterocycles. The van der Waals surface area contributed by atoms with E-state index in [0.29, 0.717) is 12.4 Å². The zero-order chi connectivity index (χ0) is 20.9. The van der Waals surface area contributed by atoms with Crippen molar-refractivity contribution in [2.24, 2.45) is 4.99 Å². The van der Waals surface area contributed by atoms with Crippen LogP contribution in [-0.2, 0) is 11.4 Å². The Labute approximate surface area is 175 Å². The number of carboxylic acids is 1. The second kappa shape index (κ2) is 8.69. The quantitative estimate of drug-likeness (QED) is 0.647. The number of aliphatic carboxylic acids is 1. The maximum atomic E-state index is 11.6. The first-order chi connectivity index (χ1) is 14.6. The Kier molecular flexibility index (Phi) is 5.66. The highest BCUT2D eigenvalue weighted by Gasteiger charge is 2.31. The van der Waals surface area contributed by atoms with Crippen molar-refractivity contribution < 1.29 is 19.4 Å². The summed E-state index contributed by atoms with van der Waals surface area (Å²) < 4.78 is 11.1. The number of ether oxygens (including phenoxy) is 2. The number of hydrogen-bond donors (Lipinski definition) is 1. The average molecular weight is 402 g/mol. The van der Waals surface area contributed by atoms with Crippen molar-refractivity contribution in [1.82, 2.24) is 0 Å². The van der Waals surface area contributed by atoms with Crippen molar-refractivity contribution in [1.29, 1.82) is 0 Å². The minimum atomic E-state index is -0.939. The molecule has 1 unspecified atom stereocenters. The Hall–Kier alpha value is -3.80. The van der Waals surface area contributed by atoms with Crippen LogP contribution in [0.5, 0.6) is 11.5 Å². The van der Waals surface area contributed by atoms with Crippen molar-refractivity contribution >= 4 is 17.5 Å². The highest BCUT2D eigenvalue weighted by atomic mass is 16.5. The summed E-state index contributed by atoms with van der Waals surface area (Å²) in [5.41, 5.74) is 2.80. The number of aliphatic imine (C=N–C) groups is 1. The third kappa shape index (κ3) is 4.27. The fourth-order valence-electron chi connectivity index (χ4n) is 3.31. The van der Waals surface area contributed by atoms with Crippen molar-refractivity contribution in [3.05, 3.63) is 90.0 Å². The molecule has 0 radical (unpaired) electrons. The Morgan fingerprint density at radius 1 is 1.00 bits per heavy atom. The average Bonchev–Trinajstić information content (AvgIpc) is 3.25. The molecule has 1 atom stereocenters. The topological polar surface area (TPSA) is 71.4 Å². The molecular weight excluding hydrogens is 380 g/mol. The van der Waals surface area contributed by atoms with E-state index in [1.807, 2.05) is 83.8 Å². The molecule has 1 aliphatic heterocycles. The van der Waals surface area contributed by atoms with Gasteiger partial charge in [-0.2, -0.15) is 0 Å². The smallest absolute Gasteiger partial charge is 0.330 e. The molecule has 6 nitrogen and oxygen atoms in total. The van der Waals surface area contributed by atoms with Gasteiger partial charge in [-0.15, -0.1) is 0 Å². The van der Waals surface area contributed by atoms with Gasteiger partial charge >= 0.3 is 5.97 Å². The van der Waals surface area contributed by atoms with E-state index in [2.05, 4.69) is 4.99 Å². The monoisotopic (exact) mass is 402 g/mol. The molecule has 0 saturated carbocycles. The van der Waals surface area contributed by atoms with Gasteiger partial charge in [0.1, 0.15) is 23.9 Å². The van der Waals surface area contributed by atoms with Gasteiger partial charge in [0.05, 0.1) is 13.7 Å². The molecule has 0 spiro atoms. The number of amidine groups is 1. The molecule has 1 heterocycles. The van der Waals surface area contributed by atoms with E-state index in [9.17, 15) is 9.90 Å². The number of nitrogens with zero attached hydrogens (tertiary/aromatic N) is 2. The van der Waals surface area contributed by atoms with Gasteiger partial charge in [-0.25, -0.2) is 4.79 Å². The third-order valence-electron chi connectivity index (χ3n) is 4.92. The lowest BCUT2D eigenvalue weighted by molar-refractivity contribution is -0.138. The van der Waals surface area contributed by atoms with Crippen LogP contribution in [0.4, 0.5) is 5.69 Å². The number of carboxylic acid groups (broad SMARTS) is 1. The van der Waals surface area contributed by atoms with E-state index >= 15 is 0 Å². The second-order valence-corrected chi connectivity index (χ2v) is 6.91. The van der Waals surface area contributed by atoms with Crippen molar-refractivity contribution in [3.8, 4) is 11.5 Å². The van der Waals surface area contributed by atoms with E-state index in [1.54, 1.807) is 7.11 Å². The molecule has 4 rings (SSSR count). The first-order valence-corrected chi connectivity index (χ1v) is 9.63. The largest absolute Gasteiger partial charge is 0.497 e. The summed E-state index contributed by atoms with van der Waals surface area (Å²) >= 11 is 0. The zero-order valence-corrected chi connectivity index (χ0v) is 16.6. The number of carbonyl (C=O) groups is 1. The number of benzene rings is 3. The highest BCUT2D eigenvalue weighted by molar-refractivity contribution is 6.12. The summed E-state index contributed by atoms with van der Waals surface area (Å²) in [7, 11) is 1.61. The lowest BCUT2D eigenvalue weighted by Gasteiger charge is -2.21. The molecule has 0 bridgehead atoms. The molecule has 0 aromatic heterocycles. The highest BCUT2D eigenvalue weighted by Crippen LogP contribution is 2.27. The van der Waals surface area contributed by atoms with Gasteiger partial charge < -0.3 is 19.5 Å². The standard InChI is InChI=1S/C24H22N2O4/c1-29-20-11-7-18(8-12-20)23-25-22(24(27)28)15-26(23)19-9-13-21(14-10-19)30-16-17-5-3-2-4-6-17/h2-14,22H,15-16H2,1H3,(H,27,28). The van der Waals surface area contributed by atoms with Crippen LogP contribution >= 0.6 is 0 Å². The van der Waals surface area contributed by atoms with Crippen LogP contribution in [0.25, 0.3) is 0 Å². The molecule has 0 fully saturated rings. The van der Waals surface area contributed by atoms with E-state index in [-0.39, 0.29) is 6.54 Å². The van der Waals surface area contributed by atoms with Crippen LogP contribution in [0.2, 0.25) is 0 Å². The summed E-state index contributed by atoms with van der Waals surface area (Å²) in [5, 5.41) is 9.47. The number of anilines is 1. The van der Waals surface area contributed by atoms with Gasteiger partial charge in [0, 0.05) is 11.3 Å². The number of rotatable bonds is 7. The molecule has 0 aliphatic carbocycles. The van der Waals surface area contributed by atoms with E-state index < -0.39 is 12.0 Å². The predicted octanol–water partition coefficient (Wildman–Crippen LogP) is 3.99. The molecular formula is C24H22N2O4. The first-order valence-electron chi connectivity index (χ1n) is 9.63. The van der Waals surface area contributed by atoms with Crippen molar-refractivity contribution in [2.75, 3.05) is 18.6 Å². The Morgan fingerprint density at radius 3 is 2.30 bits per heavy atom. The fraction of sp³-hybridized carbons (Fsp3) is 0.167. The minimum Gasteiger partial charge on any atom is -0.497 e. The van der Waals surface area contributed by atoms with Gasteiger partial charge in [0.2, 0.25) is 0 Å². The van der Waals surface area contributed by atoms with Crippen LogP contribution < -0.4 is 14.4 Å². The maximum Gasteiger partial charge on any atom is 0.330 e. The predicted molar refractivity (Wildman–Crippen MR) is 116 cm³/mol. The Morgan fingerprint density at radius 2 is 1.67 bits per heavy atom. The SMILES string of the molecule is COc1ccc(C2=NC(C(=O)O)CN2c2ccc(OCc3ccccc3)cc2)cc1. The van der Waals surface area contributed by atoms with Crippen LogP contribution in [0.1, 0.15) is 11.1 Å². The number of hydrogen-bond acceptors (Lipinski definition) is 5. The molecule has 1 aliphatic rings. The van der Waals surface area contributed by atoms with Crippen molar-refractivity contribution in [2.45, 2.75) is 12.6 Å². The first kappa shape index (κ1) is 19.5. The summed E-state index contributed by atoms with van der Waals surface area (Å²) in [6.45, 7) is 0.768. The second-order valence-electron chi connectivity index (χ2n) is 6.91. The normalized spacial score (nSPS) is 15.6. The summed E-state index contributed by atoms with van der Waals surface area (Å²) in [4.78, 5) is 17.9. The van der Waals surface area contributed by atoms with Gasteiger partial charge in [-0.3, -0.25) is 4.99 Å². The Bertz CT molecular complexity index is 1030. The van der Waals surface area contributed by atoms with Gasteiger partial charge in [0.15, 0.2) is 6.04 Å². The Balaban J connectivity index is 1.53. The molecule has 1 N–H and O–H groups in total. The summed E-state index contributed by atoms with van der Waals surface area (Å²) in [5.74, 6) is 1.17. The van der Waals surface area contributed by atoms with Gasteiger partial charge in [-0.1, -0.05) is 30.3 Å². The van der Waals surface area contributed by atoms with E-state index in [0.717, 1.165) is 28.3 Å². The van der Waals surface area contributed by atoms with E-state index in [1.165, 1.54) is 0 Å². The third-order valence-corrected chi connectivity index (χ3v) is 4.92. The lowest BCUT2D eigenvalue weighted by Crippen LogP contribution is -2.32. The van der Waals surface area contributed by atoms with Crippen molar-refractivity contribution in [3.63, 3.8) is 0 Å². The molecule has 30 heavy (non-hydrogen) atoms. The molecule has 152 valence electrons. The van der Waals surface area contributed by atoms with Crippen LogP contribution in [0.15, 0.2) is 83.9 Å². The summed E-state index contributed by atoms with van der Waals surface area (Å²) in [6.07, 6.45) is 0. The van der Waals surface area contributed by atoms with E-state index in [4.69, 9.17) is 9.47 Å². The fourth-order valence-corrected chi connectivity index (χ4v) is 3.31. The van der Waals surface area contributed by atoms with Gasteiger partial charge in [0.25, 0.3) is 0 Å². The van der Waals surface area contributed by atoms with Crippen LogP contribution in [0.3, 0.4) is 0 Å². The van der Waals surface area contributed by atoms with Crippen LogP contribution in [-0.4, -0.2) is 36.6 Å². The maximum absolute atomic E-state index is 11.6. The lowest BCUT2D eigenvalue weighted by atomic mass is 10.1. The minimum absolute atomic E-state index is 0.279. The summed E-state index contributed by atoms with van der Waals surface area (Å²) in [6, 6.07) is 24.2. The zero-order valence-electron chi connectivity index (χ0n) is 16.6. The molecule has 3 aromatic rings. The molecule has 6 heteroatoms. The van der Waals surface area contributed by atoms with Gasteiger partial charge in [-0.05, 0) is 54.1 Å². The number of methoxy groups -OCH3 is 1. The molecule has 0 amide bonds. The van der Waals surface area contributed by atoms with Crippen LogP contribution in [0, 0.1) is 0 Å².